The summed E-state index contributed by atoms with van der Waals surface area (Å²) < 4.78 is 31.4. The molecule has 0 aliphatic heterocycles. The monoisotopic (exact) mass is 432 g/mol. The van der Waals surface area contributed by atoms with Crippen molar-refractivity contribution in [1.29, 1.82) is 0 Å². The maximum Gasteiger partial charge on any atom is 0.232 e. The van der Waals surface area contributed by atoms with Crippen LogP contribution in [0.5, 0.6) is 5.75 Å². The van der Waals surface area contributed by atoms with Crippen molar-refractivity contribution in [2.24, 2.45) is 0 Å². The van der Waals surface area contributed by atoms with Crippen LogP contribution in [0.25, 0.3) is 0 Å². The normalized spacial score (nSPS) is 11.2. The van der Waals surface area contributed by atoms with Gasteiger partial charge >= 0.3 is 0 Å². The van der Waals surface area contributed by atoms with Gasteiger partial charge in [0.1, 0.15) is 12.4 Å². The molecular formula is C23H32N2O4S. The van der Waals surface area contributed by atoms with Crippen molar-refractivity contribution in [2.75, 3.05) is 30.3 Å². The quantitative estimate of drug-likeness (QED) is 0.519. The number of rotatable bonds is 12. The van der Waals surface area contributed by atoms with Crippen molar-refractivity contribution in [2.45, 2.75) is 39.5 Å². The number of carbonyl (C=O) groups excluding carboxylic acids is 1. The van der Waals surface area contributed by atoms with E-state index < -0.39 is 10.0 Å². The first kappa shape index (κ1) is 23.7. The highest BCUT2D eigenvalue weighted by molar-refractivity contribution is 7.92. The van der Waals surface area contributed by atoms with Gasteiger partial charge in [0.2, 0.25) is 15.9 Å². The summed E-state index contributed by atoms with van der Waals surface area (Å²) in [5, 5.41) is 2.82. The van der Waals surface area contributed by atoms with Gasteiger partial charge in [-0.15, -0.1) is 0 Å². The minimum atomic E-state index is -3.42. The summed E-state index contributed by atoms with van der Waals surface area (Å²) in [6, 6.07) is 15.3. The molecule has 0 bridgehead atoms. The maximum atomic E-state index is 12.2. The van der Waals surface area contributed by atoms with Gasteiger partial charge in [-0.2, -0.15) is 0 Å². The lowest BCUT2D eigenvalue weighted by molar-refractivity contribution is -0.121. The van der Waals surface area contributed by atoms with Gasteiger partial charge < -0.3 is 10.1 Å². The van der Waals surface area contributed by atoms with Crippen molar-refractivity contribution in [3.63, 3.8) is 0 Å². The molecule has 0 unspecified atom stereocenters. The topological polar surface area (TPSA) is 75.7 Å². The van der Waals surface area contributed by atoms with Crippen LogP contribution in [-0.2, 0) is 21.2 Å². The number of hydrogen-bond acceptors (Lipinski definition) is 4. The Bertz CT molecular complexity index is 911. The van der Waals surface area contributed by atoms with E-state index in [1.54, 1.807) is 6.07 Å². The summed E-state index contributed by atoms with van der Waals surface area (Å²) in [5.41, 5.74) is 2.82. The number of benzene rings is 2. The van der Waals surface area contributed by atoms with Crippen molar-refractivity contribution in [3.05, 3.63) is 59.7 Å². The Balaban J connectivity index is 1.72. The Labute approximate surface area is 180 Å². The molecule has 2 aromatic carbocycles. The molecular weight excluding hydrogens is 400 g/mol. The molecule has 1 N–H and O–H groups in total. The Morgan fingerprint density at radius 1 is 1.10 bits per heavy atom. The molecule has 2 aromatic rings. The molecule has 0 saturated heterocycles. The number of aryl methyl sites for hydroxylation is 2. The van der Waals surface area contributed by atoms with Crippen molar-refractivity contribution in [3.8, 4) is 5.75 Å². The van der Waals surface area contributed by atoms with E-state index in [2.05, 4.69) is 24.4 Å². The van der Waals surface area contributed by atoms with Crippen molar-refractivity contribution < 1.29 is 17.9 Å². The van der Waals surface area contributed by atoms with Crippen LogP contribution in [0.15, 0.2) is 48.5 Å². The van der Waals surface area contributed by atoms with E-state index in [1.807, 2.05) is 37.3 Å². The number of nitrogens with one attached hydrogen (secondary N) is 1. The molecule has 0 aliphatic carbocycles. The van der Waals surface area contributed by atoms with E-state index in [1.165, 1.54) is 16.1 Å². The van der Waals surface area contributed by atoms with E-state index in [0.717, 1.165) is 24.2 Å². The zero-order chi connectivity index (χ0) is 22.0. The maximum absolute atomic E-state index is 12.2. The summed E-state index contributed by atoms with van der Waals surface area (Å²) in [5.74, 6) is 0.668. The van der Waals surface area contributed by atoms with Crippen LogP contribution in [0.4, 0.5) is 5.69 Å². The molecule has 0 aliphatic rings. The SMILES string of the molecule is CCCc1ccc(OCCNC(=O)CCCN(c2ccccc2C)S(C)(=O)=O)cc1. The van der Waals surface area contributed by atoms with Crippen LogP contribution in [0.1, 0.15) is 37.3 Å². The number of para-hydroxylation sites is 1. The van der Waals surface area contributed by atoms with Crippen LogP contribution in [0.3, 0.4) is 0 Å². The number of carbonyl (C=O) groups is 1. The predicted molar refractivity (Wildman–Crippen MR) is 122 cm³/mol. The van der Waals surface area contributed by atoms with Crippen molar-refractivity contribution >= 4 is 21.6 Å². The first-order chi connectivity index (χ1) is 14.3. The number of ether oxygens (including phenoxy) is 1. The fourth-order valence-electron chi connectivity index (χ4n) is 3.18. The predicted octanol–water partition coefficient (Wildman–Crippen LogP) is 3.69. The van der Waals surface area contributed by atoms with Gasteiger partial charge in [-0.1, -0.05) is 43.7 Å². The number of nitrogens with zero attached hydrogens (tertiary/aromatic N) is 1. The Hall–Kier alpha value is -2.54. The van der Waals surface area contributed by atoms with Crippen LogP contribution in [0, 0.1) is 6.92 Å². The first-order valence-corrected chi connectivity index (χ1v) is 12.2. The molecule has 164 valence electrons. The van der Waals surface area contributed by atoms with Gasteiger partial charge in [-0.05, 0) is 49.1 Å². The molecule has 7 heteroatoms. The third-order valence-corrected chi connectivity index (χ3v) is 5.88. The molecule has 2 rings (SSSR count). The minimum absolute atomic E-state index is 0.116. The standard InChI is InChI=1S/C23H32N2O4S/c1-4-8-20-12-14-21(15-13-20)29-18-16-24-23(26)11-7-17-25(30(3,27)28)22-10-6-5-9-19(22)2/h5-6,9-10,12-15H,4,7-8,11,16-18H2,1-3H3,(H,24,26). The molecule has 0 atom stereocenters. The average molecular weight is 433 g/mol. The summed E-state index contributed by atoms with van der Waals surface area (Å²) in [6.45, 7) is 5.07. The van der Waals surface area contributed by atoms with E-state index in [-0.39, 0.29) is 18.9 Å². The lowest BCUT2D eigenvalue weighted by atomic mass is 10.1. The van der Waals surface area contributed by atoms with E-state index in [0.29, 0.717) is 25.3 Å². The number of anilines is 1. The molecule has 0 fully saturated rings. The highest BCUT2D eigenvalue weighted by atomic mass is 32.2. The molecule has 0 spiro atoms. The van der Waals surface area contributed by atoms with Crippen LogP contribution in [-0.4, -0.2) is 40.3 Å². The van der Waals surface area contributed by atoms with Crippen molar-refractivity contribution in [1.82, 2.24) is 5.32 Å². The summed E-state index contributed by atoms with van der Waals surface area (Å²) in [4.78, 5) is 12.1. The van der Waals surface area contributed by atoms with Crippen LogP contribution >= 0.6 is 0 Å². The van der Waals surface area contributed by atoms with E-state index in [9.17, 15) is 13.2 Å². The van der Waals surface area contributed by atoms with Gasteiger partial charge in [0.05, 0.1) is 18.5 Å². The molecule has 30 heavy (non-hydrogen) atoms. The van der Waals surface area contributed by atoms with Crippen LogP contribution < -0.4 is 14.4 Å². The second kappa shape index (κ2) is 11.6. The molecule has 0 aromatic heterocycles. The summed E-state index contributed by atoms with van der Waals surface area (Å²) >= 11 is 0. The number of sulfonamides is 1. The summed E-state index contributed by atoms with van der Waals surface area (Å²) in [7, 11) is -3.42. The van der Waals surface area contributed by atoms with Crippen LogP contribution in [0.2, 0.25) is 0 Å². The second-order valence-electron chi connectivity index (χ2n) is 7.32. The molecule has 0 heterocycles. The van der Waals surface area contributed by atoms with Gasteiger partial charge in [0, 0.05) is 13.0 Å². The Morgan fingerprint density at radius 2 is 1.80 bits per heavy atom. The van der Waals surface area contributed by atoms with Gasteiger partial charge in [-0.25, -0.2) is 8.42 Å². The highest BCUT2D eigenvalue weighted by Crippen LogP contribution is 2.22. The zero-order valence-electron chi connectivity index (χ0n) is 18.1. The molecule has 6 nitrogen and oxygen atoms in total. The fourth-order valence-corrected chi connectivity index (χ4v) is 4.20. The minimum Gasteiger partial charge on any atom is -0.492 e. The number of hydrogen-bond donors (Lipinski definition) is 1. The largest absolute Gasteiger partial charge is 0.492 e. The van der Waals surface area contributed by atoms with E-state index in [4.69, 9.17) is 4.74 Å². The summed E-state index contributed by atoms with van der Waals surface area (Å²) in [6.07, 6.45) is 4.04. The average Bonchev–Trinajstić information content (AvgIpc) is 2.70. The first-order valence-electron chi connectivity index (χ1n) is 10.3. The Morgan fingerprint density at radius 3 is 2.43 bits per heavy atom. The fraction of sp³-hybridized carbons (Fsp3) is 0.435. The molecule has 1 amide bonds. The Kier molecular flexibility index (Phi) is 9.17. The van der Waals surface area contributed by atoms with E-state index >= 15 is 0 Å². The molecule has 0 saturated carbocycles. The third-order valence-electron chi connectivity index (χ3n) is 4.70. The second-order valence-corrected chi connectivity index (χ2v) is 9.22. The highest BCUT2D eigenvalue weighted by Gasteiger charge is 2.18. The smallest absolute Gasteiger partial charge is 0.232 e. The lowest BCUT2D eigenvalue weighted by Crippen LogP contribution is -2.33. The van der Waals surface area contributed by atoms with Gasteiger partial charge in [0.15, 0.2) is 0 Å². The van der Waals surface area contributed by atoms with Gasteiger partial charge in [-0.3, -0.25) is 9.10 Å². The molecule has 0 radical (unpaired) electrons. The lowest BCUT2D eigenvalue weighted by Gasteiger charge is -2.24. The zero-order valence-corrected chi connectivity index (χ0v) is 18.9. The third kappa shape index (κ3) is 7.71. The van der Waals surface area contributed by atoms with Gasteiger partial charge in [0.25, 0.3) is 0 Å². The number of amides is 1.